The predicted molar refractivity (Wildman–Crippen MR) is 86.6 cm³/mol. The number of rotatable bonds is 5. The fourth-order valence-corrected chi connectivity index (χ4v) is 3.18. The lowest BCUT2D eigenvalue weighted by Gasteiger charge is -2.23. The Bertz CT molecular complexity index is 521. The predicted octanol–water partition coefficient (Wildman–Crippen LogP) is 0.654. The summed E-state index contributed by atoms with van der Waals surface area (Å²) in [5.41, 5.74) is 2.72. The van der Waals surface area contributed by atoms with Crippen LogP contribution in [0.3, 0.4) is 0 Å². The van der Waals surface area contributed by atoms with Crippen LogP contribution in [-0.2, 0) is 9.53 Å². The van der Waals surface area contributed by atoms with E-state index in [0.717, 1.165) is 39.0 Å². The number of hydrogen-bond donors (Lipinski definition) is 2. The Hall–Kier alpha value is -1.65. The van der Waals surface area contributed by atoms with Crippen LogP contribution in [0.4, 0.5) is 0 Å². The maximum Gasteiger partial charge on any atom is 0.275 e. The molecule has 0 aromatic heterocycles. The summed E-state index contributed by atoms with van der Waals surface area (Å²) in [7, 11) is 0. The Balaban J connectivity index is 1.43. The number of benzene rings is 1. The molecule has 1 saturated heterocycles. The van der Waals surface area contributed by atoms with Gasteiger partial charge in [0.25, 0.3) is 5.91 Å². The van der Waals surface area contributed by atoms with Crippen LogP contribution in [0.1, 0.15) is 24.8 Å². The summed E-state index contributed by atoms with van der Waals surface area (Å²) >= 11 is 0. The van der Waals surface area contributed by atoms with E-state index in [1.165, 1.54) is 16.0 Å². The van der Waals surface area contributed by atoms with E-state index in [1.54, 1.807) is 0 Å². The molecule has 1 aromatic carbocycles. The first-order valence-corrected chi connectivity index (χ1v) is 8.27. The van der Waals surface area contributed by atoms with Crippen molar-refractivity contribution >= 4 is 11.5 Å². The molecule has 1 fully saturated rings. The lowest BCUT2D eigenvalue weighted by Crippen LogP contribution is -3.13. The minimum Gasteiger partial charge on any atom is -0.376 e. The van der Waals surface area contributed by atoms with Crippen molar-refractivity contribution in [3.8, 4) is 0 Å². The molecule has 0 radical (unpaired) electrons. The molecule has 0 spiro atoms. The highest BCUT2D eigenvalue weighted by Gasteiger charge is 2.20. The molecule has 0 aliphatic carbocycles. The van der Waals surface area contributed by atoms with Crippen molar-refractivity contribution < 1.29 is 14.4 Å². The summed E-state index contributed by atoms with van der Waals surface area (Å²) in [6.45, 7) is 4.01. The molecule has 2 aliphatic rings. The van der Waals surface area contributed by atoms with Gasteiger partial charge in [-0.25, -0.2) is 0 Å². The summed E-state index contributed by atoms with van der Waals surface area (Å²) in [6.07, 6.45) is 5.73. The molecule has 1 unspecified atom stereocenters. The van der Waals surface area contributed by atoms with Gasteiger partial charge in [0, 0.05) is 19.6 Å². The summed E-state index contributed by atoms with van der Waals surface area (Å²) in [6, 6.07) is 10.5. The van der Waals surface area contributed by atoms with Gasteiger partial charge in [0.2, 0.25) is 0 Å². The van der Waals surface area contributed by atoms with Crippen molar-refractivity contribution in [3.63, 3.8) is 0 Å². The van der Waals surface area contributed by atoms with E-state index in [-0.39, 0.29) is 12.0 Å². The van der Waals surface area contributed by atoms with Crippen molar-refractivity contribution in [2.45, 2.75) is 25.4 Å². The highest BCUT2D eigenvalue weighted by molar-refractivity contribution is 5.77. The molecule has 0 bridgehead atoms. The largest absolute Gasteiger partial charge is 0.376 e. The van der Waals surface area contributed by atoms with Crippen molar-refractivity contribution in [1.82, 2.24) is 5.32 Å². The molecule has 2 aliphatic heterocycles. The van der Waals surface area contributed by atoms with E-state index >= 15 is 0 Å². The molecule has 118 valence electrons. The molecule has 3 rings (SSSR count). The molecule has 2 heterocycles. The van der Waals surface area contributed by atoms with E-state index < -0.39 is 0 Å². The number of carbonyl (C=O) groups is 1. The fraction of sp³-hybridized carbons (Fsp3) is 0.500. The first kappa shape index (κ1) is 15.3. The second kappa shape index (κ2) is 7.56. The highest BCUT2D eigenvalue weighted by Crippen LogP contribution is 2.17. The molecule has 0 saturated carbocycles. The highest BCUT2D eigenvalue weighted by atomic mass is 16.5. The number of hydrogen-bond acceptors (Lipinski definition) is 2. The van der Waals surface area contributed by atoms with Gasteiger partial charge in [-0.1, -0.05) is 30.3 Å². The lowest BCUT2D eigenvalue weighted by atomic mass is 10.00. The lowest BCUT2D eigenvalue weighted by molar-refractivity contribution is -0.886. The topological polar surface area (TPSA) is 42.8 Å². The third-order valence-corrected chi connectivity index (χ3v) is 4.49. The maximum atomic E-state index is 12.0. The van der Waals surface area contributed by atoms with E-state index in [4.69, 9.17) is 4.74 Å². The normalized spacial score (nSPS) is 24.8. The van der Waals surface area contributed by atoms with Gasteiger partial charge in [0.15, 0.2) is 6.54 Å². The number of ether oxygens (including phenoxy) is 1. The van der Waals surface area contributed by atoms with Crippen LogP contribution in [0.5, 0.6) is 0 Å². The van der Waals surface area contributed by atoms with Crippen LogP contribution in [-0.4, -0.2) is 44.8 Å². The molecule has 22 heavy (non-hydrogen) atoms. The number of quaternary nitrogens is 1. The van der Waals surface area contributed by atoms with E-state index in [1.807, 2.05) is 6.07 Å². The Morgan fingerprint density at radius 1 is 1.32 bits per heavy atom. The van der Waals surface area contributed by atoms with Crippen molar-refractivity contribution in [2.24, 2.45) is 0 Å². The summed E-state index contributed by atoms with van der Waals surface area (Å²) in [5, 5.41) is 3.01. The van der Waals surface area contributed by atoms with Crippen molar-refractivity contribution in [3.05, 3.63) is 42.0 Å². The molecule has 1 aromatic rings. The third kappa shape index (κ3) is 4.18. The molecule has 4 nitrogen and oxygen atoms in total. The Morgan fingerprint density at radius 3 is 2.86 bits per heavy atom. The summed E-state index contributed by atoms with van der Waals surface area (Å²) < 4.78 is 5.53. The molecule has 2 atom stereocenters. The number of nitrogens with one attached hydrogen (secondary N) is 2. The minimum atomic E-state index is 0.141. The molecular formula is C18H25N2O2+. The van der Waals surface area contributed by atoms with Crippen molar-refractivity contribution in [1.29, 1.82) is 0 Å². The maximum absolute atomic E-state index is 12.0. The zero-order valence-electron chi connectivity index (χ0n) is 13.0. The van der Waals surface area contributed by atoms with Gasteiger partial charge in [0.1, 0.15) is 0 Å². The summed E-state index contributed by atoms with van der Waals surface area (Å²) in [4.78, 5) is 13.3. The first-order valence-electron chi connectivity index (χ1n) is 8.27. The van der Waals surface area contributed by atoms with Gasteiger partial charge in [-0.05, 0) is 30.1 Å². The van der Waals surface area contributed by atoms with Crippen LogP contribution < -0.4 is 10.2 Å². The van der Waals surface area contributed by atoms with Gasteiger partial charge < -0.3 is 15.0 Å². The van der Waals surface area contributed by atoms with E-state index in [2.05, 4.69) is 35.7 Å². The van der Waals surface area contributed by atoms with E-state index in [0.29, 0.717) is 13.1 Å². The second-order valence-electron chi connectivity index (χ2n) is 6.17. The van der Waals surface area contributed by atoms with Gasteiger partial charge in [-0.3, -0.25) is 4.79 Å². The first-order chi connectivity index (χ1) is 10.8. The van der Waals surface area contributed by atoms with Crippen LogP contribution in [0.15, 0.2) is 36.4 Å². The Morgan fingerprint density at radius 2 is 2.18 bits per heavy atom. The van der Waals surface area contributed by atoms with Gasteiger partial charge in [-0.2, -0.15) is 0 Å². The van der Waals surface area contributed by atoms with Gasteiger partial charge in [-0.15, -0.1) is 0 Å². The van der Waals surface area contributed by atoms with Crippen LogP contribution in [0.25, 0.3) is 5.57 Å². The van der Waals surface area contributed by atoms with Crippen LogP contribution in [0.2, 0.25) is 0 Å². The monoisotopic (exact) mass is 301 g/mol. The molecular weight excluding hydrogens is 276 g/mol. The molecule has 2 N–H and O–H groups in total. The zero-order valence-corrected chi connectivity index (χ0v) is 13.0. The molecule has 1 amide bonds. The standard InChI is InChI=1S/C18H24N2O2/c21-18(19-13-17-7-4-12-22-17)14-20-10-8-16(9-11-20)15-5-2-1-3-6-15/h1-3,5-6,8,17H,4,7,9-14H2,(H,19,21)/p+1/t17-/m0/s1. The number of carbonyl (C=O) groups excluding carboxylic acids is 1. The van der Waals surface area contributed by atoms with Gasteiger partial charge >= 0.3 is 0 Å². The zero-order chi connectivity index (χ0) is 15.2. The third-order valence-electron chi connectivity index (χ3n) is 4.49. The van der Waals surface area contributed by atoms with Crippen LogP contribution in [0, 0.1) is 0 Å². The number of amides is 1. The Labute approximate surface area is 132 Å². The average molecular weight is 301 g/mol. The van der Waals surface area contributed by atoms with Gasteiger partial charge in [0.05, 0.1) is 19.2 Å². The fourth-order valence-electron chi connectivity index (χ4n) is 3.18. The van der Waals surface area contributed by atoms with E-state index in [9.17, 15) is 4.79 Å². The van der Waals surface area contributed by atoms with Crippen molar-refractivity contribution in [2.75, 3.05) is 32.8 Å². The average Bonchev–Trinajstić information content (AvgIpc) is 3.08. The van der Waals surface area contributed by atoms with Crippen LogP contribution >= 0.6 is 0 Å². The molecule has 4 heteroatoms. The second-order valence-corrected chi connectivity index (χ2v) is 6.17. The minimum absolute atomic E-state index is 0.141. The summed E-state index contributed by atoms with van der Waals surface area (Å²) in [5.74, 6) is 0.141. The SMILES string of the molecule is O=C(C[NH+]1CC=C(c2ccccc2)CC1)NC[C@@H]1CCCO1. The smallest absolute Gasteiger partial charge is 0.275 e. The quantitative estimate of drug-likeness (QED) is 0.839. The Kier molecular flexibility index (Phi) is 5.24.